The molecule has 1 radical (unpaired) electrons. The number of rotatable bonds is 1. The minimum Gasteiger partial charge on any atom is -0.189 e. The van der Waals surface area contributed by atoms with Crippen LogP contribution >= 0.6 is 0 Å². The Hall–Kier alpha value is -0.565. The molecule has 0 saturated heterocycles. The van der Waals surface area contributed by atoms with Crippen LogP contribution in [-0.4, -0.2) is 31.2 Å². The smallest absolute Gasteiger partial charge is 0.189 e. The standard InChI is InChI=1S/C7H15BN2/c1-6(2)10-5-4-9(3)7(10)8/h4-6H,1-3,8H3/q+1. The maximum atomic E-state index is 2.36. The van der Waals surface area contributed by atoms with Gasteiger partial charge in [-0.3, -0.25) is 0 Å². The van der Waals surface area contributed by atoms with Gasteiger partial charge in [-0.25, -0.2) is 0 Å². The first-order valence-corrected chi connectivity index (χ1v) is 3.16. The van der Waals surface area contributed by atoms with Gasteiger partial charge in [0.25, 0.3) is 0 Å². The zero-order chi connectivity index (χ0) is 7.72. The fraction of sp³-hybridized carbons (Fsp3) is 0.571. The first-order valence-electron chi connectivity index (χ1n) is 3.16. The number of hydrogen-bond donors (Lipinski definition) is 0. The van der Waals surface area contributed by atoms with Crippen LogP contribution in [0, 0.1) is 0 Å². The second kappa shape index (κ2) is 2.58. The van der Waals surface area contributed by atoms with Gasteiger partial charge in [-0.2, -0.15) is 4.58 Å². The second-order valence-corrected chi connectivity index (χ2v) is 2.51. The minimum atomic E-state index is 0.323. The summed E-state index contributed by atoms with van der Waals surface area (Å²) in [7, 11) is 2.45. The van der Waals surface area contributed by atoms with Crippen molar-refractivity contribution in [3.05, 3.63) is 12.4 Å². The maximum absolute atomic E-state index is 2.36. The van der Waals surface area contributed by atoms with Crippen LogP contribution in [0.3, 0.4) is 0 Å². The van der Waals surface area contributed by atoms with Crippen LogP contribution in [0.1, 0.15) is 13.8 Å². The van der Waals surface area contributed by atoms with Crippen molar-refractivity contribution in [1.29, 1.82) is 0 Å². The third-order valence-corrected chi connectivity index (χ3v) is 1.28. The molecule has 0 atom stereocenters. The molecule has 0 aromatic carbocycles. The van der Waals surface area contributed by atoms with Gasteiger partial charge in [0.1, 0.15) is 20.9 Å². The van der Waals surface area contributed by atoms with Crippen LogP contribution in [-0.2, 0) is 0 Å². The molecule has 3 heteroatoms. The molecule has 0 amide bonds. The lowest BCUT2D eigenvalue weighted by Gasteiger charge is -2.05. The number of amidine groups is 1. The highest BCUT2D eigenvalue weighted by molar-refractivity contribution is 6.58. The lowest BCUT2D eigenvalue weighted by Crippen LogP contribution is -2.38. The fourth-order valence-electron chi connectivity index (χ4n) is 0.708. The first-order chi connectivity index (χ1) is 4.63. The first kappa shape index (κ1) is 7.54. The zero-order valence-corrected chi connectivity index (χ0v) is 6.13. The van der Waals surface area contributed by atoms with Crippen molar-refractivity contribution in [3.8, 4) is 0 Å². The summed E-state index contributed by atoms with van der Waals surface area (Å²) in [6.45, 7) is 4.46. The van der Waals surface area contributed by atoms with E-state index in [1.807, 2.05) is 0 Å². The Bertz CT molecular complexity index is 194. The van der Waals surface area contributed by atoms with Gasteiger partial charge in [0.2, 0.25) is 12.4 Å². The topological polar surface area (TPSA) is 8.91 Å². The van der Waals surface area contributed by atoms with Crippen LogP contribution in [0.2, 0.25) is 0 Å². The van der Waals surface area contributed by atoms with Crippen molar-refractivity contribution < 1.29 is 4.58 Å². The summed E-state index contributed by atoms with van der Waals surface area (Å²) < 4.78 is 2.24. The predicted octanol–water partition coefficient (Wildman–Crippen LogP) is -0.617. The van der Waals surface area contributed by atoms with Crippen LogP contribution in [0.15, 0.2) is 12.4 Å². The van der Waals surface area contributed by atoms with E-state index in [0.29, 0.717) is 13.9 Å². The maximum Gasteiger partial charge on any atom is 0.229 e. The quantitative estimate of drug-likeness (QED) is 0.337. The Kier molecular flexibility index (Phi) is 1.95. The van der Waals surface area contributed by atoms with E-state index in [4.69, 9.17) is 0 Å². The third-order valence-electron chi connectivity index (χ3n) is 1.28. The lowest BCUT2D eigenvalue weighted by atomic mass is 10.1. The molecule has 0 bridgehead atoms. The van der Waals surface area contributed by atoms with Crippen molar-refractivity contribution in [1.82, 2.24) is 4.90 Å². The average molecular weight is 138 g/mol. The Morgan fingerprint density at radius 1 is 1.40 bits per heavy atom. The molecule has 0 saturated carbocycles. The molecule has 0 aliphatic carbocycles. The molecule has 0 aromatic rings. The van der Waals surface area contributed by atoms with Gasteiger partial charge >= 0.3 is 0 Å². The summed E-state index contributed by atoms with van der Waals surface area (Å²) >= 11 is 0. The van der Waals surface area contributed by atoms with Gasteiger partial charge in [-0.1, -0.05) is 4.90 Å². The molecular formula is C7H15BN2+. The van der Waals surface area contributed by atoms with Crippen LogP contribution < -0.4 is 4.90 Å². The largest absolute Gasteiger partial charge is 0.229 e. The summed E-state index contributed by atoms with van der Waals surface area (Å²) in [5, 5.41) is 0. The summed E-state index contributed by atoms with van der Waals surface area (Å²) in [4.78, 5) is 2.36. The summed E-state index contributed by atoms with van der Waals surface area (Å²) in [6, 6.07) is 0.633. The van der Waals surface area contributed by atoms with E-state index in [2.05, 4.69) is 42.8 Å². The second-order valence-electron chi connectivity index (χ2n) is 2.51. The van der Waals surface area contributed by atoms with E-state index in [0.717, 1.165) is 0 Å². The third kappa shape index (κ3) is 1.14. The summed E-state index contributed by atoms with van der Waals surface area (Å²) in [6.07, 6.45) is 4.31. The van der Waals surface area contributed by atoms with E-state index in [9.17, 15) is 0 Å². The number of nitrogens with zero attached hydrogens (tertiary/aromatic N) is 2. The number of hydrogen-bond acceptors (Lipinski definition) is 1. The van der Waals surface area contributed by atoms with Gasteiger partial charge in [-0.15, -0.1) is 0 Å². The molecule has 55 valence electrons. The predicted molar refractivity (Wildman–Crippen MR) is 47.5 cm³/mol. The van der Waals surface area contributed by atoms with E-state index in [-0.39, 0.29) is 0 Å². The molecule has 0 fully saturated rings. The molecule has 10 heavy (non-hydrogen) atoms. The van der Waals surface area contributed by atoms with Crippen molar-refractivity contribution >= 4 is 13.6 Å². The lowest BCUT2D eigenvalue weighted by molar-refractivity contribution is -0.417. The van der Waals surface area contributed by atoms with Crippen LogP contribution in [0.5, 0.6) is 0 Å². The molecule has 1 heterocycles. The SMILES string of the molecule is [BH3-]C1=[N+](C)C=C[N+]1C(C)C. The van der Waals surface area contributed by atoms with E-state index in [1.165, 1.54) is 0 Å². The van der Waals surface area contributed by atoms with Crippen LogP contribution in [0.25, 0.3) is 0 Å². The molecule has 0 unspecified atom stereocenters. The normalized spacial score (nSPS) is 19.7. The highest BCUT2D eigenvalue weighted by Crippen LogP contribution is 2.00. The van der Waals surface area contributed by atoms with Crippen molar-refractivity contribution in [2.24, 2.45) is 0 Å². The Balaban J connectivity index is 2.78. The fourth-order valence-corrected chi connectivity index (χ4v) is 0.708. The highest BCUT2D eigenvalue weighted by Gasteiger charge is 2.27. The monoisotopic (exact) mass is 138 g/mol. The van der Waals surface area contributed by atoms with Crippen molar-refractivity contribution in [3.63, 3.8) is 0 Å². The Morgan fingerprint density at radius 2 is 2.00 bits per heavy atom. The molecule has 0 aromatic heterocycles. The van der Waals surface area contributed by atoms with E-state index in [1.54, 1.807) is 5.73 Å². The van der Waals surface area contributed by atoms with E-state index < -0.39 is 0 Å². The molecule has 0 spiro atoms. The molecule has 1 aliphatic heterocycles. The average Bonchev–Trinajstić information content (AvgIpc) is 2.14. The molecule has 0 N–H and O–H groups in total. The molecule has 2 nitrogen and oxygen atoms in total. The minimum absolute atomic E-state index is 0.323. The zero-order valence-electron chi connectivity index (χ0n) is 6.13. The molecular weight excluding hydrogens is 123 g/mol. The van der Waals surface area contributed by atoms with Crippen molar-refractivity contribution in [2.75, 3.05) is 7.05 Å². The Morgan fingerprint density at radius 3 is 2.20 bits per heavy atom. The van der Waals surface area contributed by atoms with E-state index >= 15 is 0 Å². The van der Waals surface area contributed by atoms with Crippen molar-refractivity contribution in [2.45, 2.75) is 19.9 Å². The summed E-state index contributed by atoms with van der Waals surface area (Å²) in [5.41, 5.74) is 1.55. The Labute approximate surface area is 63.3 Å². The van der Waals surface area contributed by atoms with Gasteiger partial charge in [-0.05, 0) is 13.8 Å². The summed E-state index contributed by atoms with van der Waals surface area (Å²) in [5.74, 6) is 0. The highest BCUT2D eigenvalue weighted by atomic mass is 15.3. The van der Waals surface area contributed by atoms with Gasteiger partial charge in [0.05, 0.1) is 0 Å². The van der Waals surface area contributed by atoms with Gasteiger partial charge < -0.3 is 0 Å². The van der Waals surface area contributed by atoms with Crippen LogP contribution in [0.4, 0.5) is 0 Å². The molecule has 1 rings (SSSR count). The van der Waals surface area contributed by atoms with Gasteiger partial charge in [0, 0.05) is 0 Å². The molecule has 1 aliphatic rings. The van der Waals surface area contributed by atoms with Gasteiger partial charge in [0.15, 0.2) is 5.73 Å².